The van der Waals surface area contributed by atoms with E-state index in [2.05, 4.69) is 24.1 Å². The van der Waals surface area contributed by atoms with Gasteiger partial charge < -0.3 is 10.1 Å². The first-order chi connectivity index (χ1) is 7.76. The van der Waals surface area contributed by atoms with E-state index in [0.29, 0.717) is 18.4 Å². The fourth-order valence-electron chi connectivity index (χ4n) is 1.61. The number of ether oxygens (including phenoxy) is 1. The van der Waals surface area contributed by atoms with Crippen molar-refractivity contribution in [3.63, 3.8) is 0 Å². The second-order valence-electron chi connectivity index (χ2n) is 4.09. The molecule has 0 aliphatic rings. The molecule has 16 heavy (non-hydrogen) atoms. The summed E-state index contributed by atoms with van der Waals surface area (Å²) in [5.41, 5.74) is 1.06. The summed E-state index contributed by atoms with van der Waals surface area (Å²) in [6, 6.07) is 3.91. The number of hydrogen-bond donors (Lipinski definition) is 1. The molecule has 1 aromatic rings. The number of aromatic nitrogens is 1. The molecule has 1 aromatic heterocycles. The molecular formula is C13H22N2O. The van der Waals surface area contributed by atoms with Crippen molar-refractivity contribution in [3.05, 3.63) is 18.3 Å². The predicted octanol–water partition coefficient (Wildman–Crippen LogP) is 3.33. The Hall–Kier alpha value is -1.25. The summed E-state index contributed by atoms with van der Waals surface area (Å²) in [7, 11) is 0. The van der Waals surface area contributed by atoms with Gasteiger partial charge in [-0.3, -0.25) is 0 Å². The Morgan fingerprint density at radius 2 is 2.19 bits per heavy atom. The van der Waals surface area contributed by atoms with Gasteiger partial charge in [0.05, 0.1) is 18.5 Å². The second-order valence-corrected chi connectivity index (χ2v) is 4.09. The maximum absolute atomic E-state index is 5.29. The largest absolute Gasteiger partial charge is 0.478 e. The minimum absolute atomic E-state index is 0.660. The van der Waals surface area contributed by atoms with Crippen LogP contribution >= 0.6 is 0 Å². The third-order valence-electron chi connectivity index (χ3n) is 2.46. The molecule has 0 fully saturated rings. The molecule has 0 saturated heterocycles. The van der Waals surface area contributed by atoms with Gasteiger partial charge in [0, 0.05) is 12.6 Å². The Balaban J connectivity index is 2.37. The third kappa shape index (κ3) is 4.51. The van der Waals surface area contributed by atoms with Gasteiger partial charge in [0.25, 0.3) is 0 Å². The molecule has 1 unspecified atom stereocenters. The fraction of sp³-hybridized carbons (Fsp3) is 0.615. The van der Waals surface area contributed by atoms with Crippen molar-refractivity contribution < 1.29 is 4.74 Å². The van der Waals surface area contributed by atoms with E-state index < -0.39 is 0 Å². The molecule has 3 heteroatoms. The van der Waals surface area contributed by atoms with Crippen molar-refractivity contribution >= 4 is 5.69 Å². The SMILES string of the molecule is CCCC(C)CNc1ccc(OCC)nc1. The molecule has 0 radical (unpaired) electrons. The van der Waals surface area contributed by atoms with Gasteiger partial charge in [0.1, 0.15) is 0 Å². The predicted molar refractivity (Wildman–Crippen MR) is 68.0 cm³/mol. The molecule has 90 valence electrons. The minimum atomic E-state index is 0.660. The van der Waals surface area contributed by atoms with Gasteiger partial charge in [0.2, 0.25) is 5.88 Å². The zero-order chi connectivity index (χ0) is 11.8. The van der Waals surface area contributed by atoms with E-state index in [1.807, 2.05) is 25.3 Å². The molecule has 0 bridgehead atoms. The van der Waals surface area contributed by atoms with E-state index in [9.17, 15) is 0 Å². The number of nitrogens with zero attached hydrogens (tertiary/aromatic N) is 1. The average molecular weight is 222 g/mol. The van der Waals surface area contributed by atoms with Crippen molar-refractivity contribution in [1.29, 1.82) is 0 Å². The van der Waals surface area contributed by atoms with Crippen LogP contribution in [0.4, 0.5) is 5.69 Å². The molecule has 1 N–H and O–H groups in total. The van der Waals surface area contributed by atoms with Crippen molar-refractivity contribution in [2.24, 2.45) is 5.92 Å². The summed E-state index contributed by atoms with van der Waals surface area (Å²) in [4.78, 5) is 4.21. The lowest BCUT2D eigenvalue weighted by molar-refractivity contribution is 0.327. The topological polar surface area (TPSA) is 34.1 Å². The van der Waals surface area contributed by atoms with Gasteiger partial charge >= 0.3 is 0 Å². The van der Waals surface area contributed by atoms with Gasteiger partial charge in [-0.2, -0.15) is 0 Å². The zero-order valence-corrected chi connectivity index (χ0v) is 10.5. The van der Waals surface area contributed by atoms with Crippen molar-refractivity contribution in [2.75, 3.05) is 18.5 Å². The number of hydrogen-bond acceptors (Lipinski definition) is 3. The van der Waals surface area contributed by atoms with Gasteiger partial charge in [-0.1, -0.05) is 20.3 Å². The molecule has 1 atom stereocenters. The molecule has 0 aromatic carbocycles. The smallest absolute Gasteiger partial charge is 0.213 e. The second kappa shape index (κ2) is 7.09. The van der Waals surface area contributed by atoms with Gasteiger partial charge in [-0.15, -0.1) is 0 Å². The lowest BCUT2D eigenvalue weighted by Gasteiger charge is -2.12. The number of rotatable bonds is 7. The van der Waals surface area contributed by atoms with E-state index in [1.165, 1.54) is 12.8 Å². The van der Waals surface area contributed by atoms with E-state index in [1.54, 1.807) is 0 Å². The molecule has 0 spiro atoms. The number of anilines is 1. The Morgan fingerprint density at radius 1 is 1.38 bits per heavy atom. The maximum Gasteiger partial charge on any atom is 0.213 e. The number of pyridine rings is 1. The quantitative estimate of drug-likeness (QED) is 0.768. The summed E-state index contributed by atoms with van der Waals surface area (Å²) < 4.78 is 5.29. The average Bonchev–Trinajstić information content (AvgIpc) is 2.29. The highest BCUT2D eigenvalue weighted by atomic mass is 16.5. The lowest BCUT2D eigenvalue weighted by atomic mass is 10.1. The molecule has 0 aliphatic carbocycles. The molecule has 3 nitrogen and oxygen atoms in total. The highest BCUT2D eigenvalue weighted by Gasteiger charge is 2.01. The molecular weight excluding hydrogens is 200 g/mol. The fourth-order valence-corrected chi connectivity index (χ4v) is 1.61. The summed E-state index contributed by atoms with van der Waals surface area (Å²) >= 11 is 0. The Kier molecular flexibility index (Phi) is 5.68. The monoisotopic (exact) mass is 222 g/mol. The van der Waals surface area contributed by atoms with E-state index >= 15 is 0 Å². The highest BCUT2D eigenvalue weighted by molar-refractivity contribution is 5.41. The number of nitrogens with one attached hydrogen (secondary N) is 1. The third-order valence-corrected chi connectivity index (χ3v) is 2.46. The molecule has 0 saturated carbocycles. The zero-order valence-electron chi connectivity index (χ0n) is 10.5. The van der Waals surface area contributed by atoms with E-state index in [4.69, 9.17) is 4.74 Å². The molecule has 1 rings (SSSR count). The van der Waals surface area contributed by atoms with Crippen LogP contribution in [0, 0.1) is 5.92 Å². The van der Waals surface area contributed by atoms with Crippen LogP contribution in [0.3, 0.4) is 0 Å². The molecule has 0 aliphatic heterocycles. The Bertz CT molecular complexity index is 284. The van der Waals surface area contributed by atoms with Crippen LogP contribution in [0.25, 0.3) is 0 Å². The summed E-state index contributed by atoms with van der Waals surface area (Å²) in [5, 5.41) is 3.38. The summed E-state index contributed by atoms with van der Waals surface area (Å²) in [6.07, 6.45) is 4.32. The lowest BCUT2D eigenvalue weighted by Crippen LogP contribution is -2.11. The first-order valence-corrected chi connectivity index (χ1v) is 6.09. The van der Waals surface area contributed by atoms with E-state index in [0.717, 1.165) is 12.2 Å². The Morgan fingerprint density at radius 3 is 2.75 bits per heavy atom. The minimum Gasteiger partial charge on any atom is -0.478 e. The standard InChI is InChI=1S/C13H22N2O/c1-4-6-11(3)9-14-12-7-8-13(15-10-12)16-5-2/h7-8,10-11,14H,4-6,9H2,1-3H3. The van der Waals surface area contributed by atoms with Crippen LogP contribution in [0.5, 0.6) is 5.88 Å². The first kappa shape index (κ1) is 12.8. The molecule has 0 amide bonds. The van der Waals surface area contributed by atoms with Crippen molar-refractivity contribution in [3.8, 4) is 5.88 Å². The van der Waals surface area contributed by atoms with Gasteiger partial charge in [-0.25, -0.2) is 4.98 Å². The summed E-state index contributed by atoms with van der Waals surface area (Å²) in [5.74, 6) is 1.39. The maximum atomic E-state index is 5.29. The van der Waals surface area contributed by atoms with Crippen LogP contribution in [0.15, 0.2) is 18.3 Å². The van der Waals surface area contributed by atoms with Crippen molar-refractivity contribution in [1.82, 2.24) is 4.98 Å². The normalized spacial score (nSPS) is 12.2. The van der Waals surface area contributed by atoms with Crippen LogP contribution in [0.1, 0.15) is 33.6 Å². The Labute approximate surface area is 98.2 Å². The van der Waals surface area contributed by atoms with E-state index in [-0.39, 0.29) is 0 Å². The van der Waals surface area contributed by atoms with Gasteiger partial charge in [0.15, 0.2) is 0 Å². The highest BCUT2D eigenvalue weighted by Crippen LogP contribution is 2.13. The van der Waals surface area contributed by atoms with Crippen LogP contribution in [-0.2, 0) is 0 Å². The first-order valence-electron chi connectivity index (χ1n) is 6.09. The van der Waals surface area contributed by atoms with Gasteiger partial charge in [-0.05, 0) is 25.3 Å². The van der Waals surface area contributed by atoms with Crippen LogP contribution in [0.2, 0.25) is 0 Å². The van der Waals surface area contributed by atoms with Crippen molar-refractivity contribution in [2.45, 2.75) is 33.6 Å². The van der Waals surface area contributed by atoms with Crippen LogP contribution in [-0.4, -0.2) is 18.1 Å². The molecule has 1 heterocycles. The summed E-state index contributed by atoms with van der Waals surface area (Å²) in [6.45, 7) is 8.10. The van der Waals surface area contributed by atoms with Crippen LogP contribution < -0.4 is 10.1 Å².